The number of ether oxygens (including phenoxy) is 11. The average molecular weight is 732 g/mol. The van der Waals surface area contributed by atoms with Crippen LogP contribution in [0.3, 0.4) is 0 Å². The fraction of sp³-hybridized carbons (Fsp3) is 0.459. The number of azide groups is 1. The molecule has 16 nitrogen and oxygen atoms in total. The first-order valence-corrected chi connectivity index (χ1v) is 17.2. The van der Waals surface area contributed by atoms with E-state index in [2.05, 4.69) is 10.0 Å². The molecule has 1 aliphatic carbocycles. The van der Waals surface area contributed by atoms with Crippen LogP contribution in [0.2, 0.25) is 0 Å². The van der Waals surface area contributed by atoms with Crippen molar-refractivity contribution in [1.29, 1.82) is 0 Å². The lowest BCUT2D eigenvalue weighted by Gasteiger charge is -2.46. The van der Waals surface area contributed by atoms with Crippen molar-refractivity contribution in [2.45, 2.75) is 62.8 Å². The number of cyclic esters (lactones) is 1. The Morgan fingerprint density at radius 1 is 0.962 bits per heavy atom. The Balaban J connectivity index is 1.14. The van der Waals surface area contributed by atoms with E-state index >= 15 is 0 Å². The first-order valence-electron chi connectivity index (χ1n) is 17.2. The van der Waals surface area contributed by atoms with E-state index < -0.39 is 66.8 Å². The van der Waals surface area contributed by atoms with Crippen LogP contribution in [-0.4, -0.2) is 77.2 Å². The highest BCUT2D eigenvalue weighted by Gasteiger charge is 2.55. The lowest BCUT2D eigenvalue weighted by atomic mass is 9.66. The SMILES string of the molecule is COc1cc([C@@H]2c3cc4c(cc3[C@@H](O[C@@H]3C[C@@H](N=[N+]=[N-])[C@@H]5O[C@H](C)OC[C@H]5O3)[C@H]3COC(=O)[C@H]23)OCO4)cc(OC)c1OC(=O)OCc1ccccc1. The predicted octanol–water partition coefficient (Wildman–Crippen LogP) is 5.70. The van der Waals surface area contributed by atoms with E-state index in [1.165, 1.54) is 14.2 Å². The normalized spacial score (nSPS) is 29.4. The molecule has 0 radical (unpaired) electrons. The van der Waals surface area contributed by atoms with Crippen molar-refractivity contribution in [3.63, 3.8) is 0 Å². The Morgan fingerprint density at radius 2 is 1.70 bits per heavy atom. The van der Waals surface area contributed by atoms with E-state index in [0.29, 0.717) is 17.1 Å². The molecule has 4 heterocycles. The van der Waals surface area contributed by atoms with Crippen molar-refractivity contribution in [2.75, 3.05) is 34.2 Å². The quantitative estimate of drug-likeness (QED) is 0.0860. The summed E-state index contributed by atoms with van der Waals surface area (Å²) in [5.41, 5.74) is 12.2. The Hall–Kier alpha value is -5.25. The maximum Gasteiger partial charge on any atom is 0.514 e. The molecule has 0 amide bonds. The molecule has 3 saturated heterocycles. The van der Waals surface area contributed by atoms with Crippen LogP contribution in [0, 0.1) is 11.8 Å². The molecule has 0 aromatic heterocycles. The number of benzene rings is 3. The van der Waals surface area contributed by atoms with Crippen molar-refractivity contribution in [2.24, 2.45) is 17.0 Å². The predicted molar refractivity (Wildman–Crippen MR) is 179 cm³/mol. The van der Waals surface area contributed by atoms with Crippen molar-refractivity contribution < 1.29 is 61.7 Å². The highest BCUT2D eigenvalue weighted by Crippen LogP contribution is 2.57. The number of rotatable bonds is 9. The molecule has 0 bridgehead atoms. The minimum Gasteiger partial charge on any atom is -0.493 e. The van der Waals surface area contributed by atoms with Gasteiger partial charge in [0.1, 0.15) is 12.7 Å². The molecular weight excluding hydrogens is 694 g/mol. The number of carbonyl (C=O) groups is 2. The summed E-state index contributed by atoms with van der Waals surface area (Å²) in [4.78, 5) is 29.6. The van der Waals surface area contributed by atoms with E-state index in [4.69, 9.17) is 52.1 Å². The number of hydrogen-bond donors (Lipinski definition) is 0. The molecule has 3 aromatic carbocycles. The topological polar surface area (TPSA) is 184 Å². The van der Waals surface area contributed by atoms with Crippen LogP contribution in [0.1, 0.15) is 47.6 Å². The molecule has 53 heavy (non-hydrogen) atoms. The van der Waals surface area contributed by atoms with Gasteiger partial charge in [0.15, 0.2) is 35.6 Å². The molecule has 0 unspecified atom stereocenters. The zero-order chi connectivity index (χ0) is 36.6. The van der Waals surface area contributed by atoms with Crippen LogP contribution in [0.25, 0.3) is 10.4 Å². The summed E-state index contributed by atoms with van der Waals surface area (Å²) in [6.45, 7) is 2.11. The minimum atomic E-state index is -0.951. The van der Waals surface area contributed by atoms with Crippen LogP contribution >= 0.6 is 0 Å². The third-order valence-electron chi connectivity index (χ3n) is 10.2. The van der Waals surface area contributed by atoms with Gasteiger partial charge >= 0.3 is 12.1 Å². The highest BCUT2D eigenvalue weighted by molar-refractivity contribution is 5.79. The summed E-state index contributed by atoms with van der Waals surface area (Å²) in [6, 6.07) is 15.7. The van der Waals surface area contributed by atoms with E-state index in [1.54, 1.807) is 19.1 Å². The second-order valence-corrected chi connectivity index (χ2v) is 13.2. The molecule has 5 aliphatic rings. The molecule has 0 saturated carbocycles. The third kappa shape index (κ3) is 6.64. The zero-order valence-electron chi connectivity index (χ0n) is 29.1. The maximum atomic E-state index is 13.7. The van der Waals surface area contributed by atoms with Crippen LogP contribution in [0.5, 0.6) is 28.7 Å². The number of hydrogen-bond acceptors (Lipinski definition) is 14. The van der Waals surface area contributed by atoms with Gasteiger partial charge in [0, 0.05) is 23.2 Å². The van der Waals surface area contributed by atoms with E-state index in [-0.39, 0.29) is 50.3 Å². The average Bonchev–Trinajstić information content (AvgIpc) is 3.80. The Labute approximate surface area is 303 Å². The lowest BCUT2D eigenvalue weighted by molar-refractivity contribution is -0.322. The van der Waals surface area contributed by atoms with Crippen LogP contribution < -0.4 is 23.7 Å². The van der Waals surface area contributed by atoms with Gasteiger partial charge in [-0.2, -0.15) is 0 Å². The van der Waals surface area contributed by atoms with E-state index in [9.17, 15) is 15.1 Å². The van der Waals surface area contributed by atoms with Gasteiger partial charge in [-0.05, 0) is 59.0 Å². The number of esters is 1. The smallest absolute Gasteiger partial charge is 0.493 e. The standard InChI is InChI=1S/C37H37N3O13/c1-18-45-16-29-34(50-18)24(39-40-38)13-30(51-29)52-33-22-12-26-25(48-17-49-26)11-21(22)31(32-23(33)15-46-36(32)41)20-9-27(43-2)35(28(10-20)44-3)53-37(42)47-14-19-7-5-4-6-8-19/h4-12,18,23-24,29-34H,13-17H2,1-3H3/t18-,23+,24-,29-,30-,31-,32+,33-,34+/m1/s1. The Kier molecular flexibility index (Phi) is 9.62. The van der Waals surface area contributed by atoms with Gasteiger partial charge in [0.25, 0.3) is 0 Å². The van der Waals surface area contributed by atoms with Gasteiger partial charge in [-0.25, -0.2) is 4.79 Å². The van der Waals surface area contributed by atoms with Gasteiger partial charge < -0.3 is 52.1 Å². The van der Waals surface area contributed by atoms with Crippen molar-refractivity contribution in [1.82, 2.24) is 0 Å². The van der Waals surface area contributed by atoms with Gasteiger partial charge in [0.2, 0.25) is 12.5 Å². The maximum absolute atomic E-state index is 13.7. The Morgan fingerprint density at radius 3 is 2.42 bits per heavy atom. The monoisotopic (exact) mass is 731 g/mol. The summed E-state index contributed by atoms with van der Waals surface area (Å²) in [6.07, 6.45) is -3.78. The summed E-state index contributed by atoms with van der Waals surface area (Å²) in [5, 5.41) is 4.01. The number of carbonyl (C=O) groups excluding carboxylic acids is 2. The molecule has 16 heteroatoms. The van der Waals surface area contributed by atoms with E-state index in [1.807, 2.05) is 42.5 Å². The fourth-order valence-corrected chi connectivity index (χ4v) is 7.84. The molecule has 3 aromatic rings. The zero-order valence-corrected chi connectivity index (χ0v) is 29.1. The van der Waals surface area contributed by atoms with Crippen molar-refractivity contribution in [3.8, 4) is 28.7 Å². The number of methoxy groups -OCH3 is 2. The van der Waals surface area contributed by atoms with Gasteiger partial charge in [-0.15, -0.1) is 0 Å². The summed E-state index contributed by atoms with van der Waals surface area (Å²) in [5.74, 6) is -0.820. The summed E-state index contributed by atoms with van der Waals surface area (Å²) >= 11 is 0. The second-order valence-electron chi connectivity index (χ2n) is 13.2. The molecule has 4 aliphatic heterocycles. The molecule has 3 fully saturated rings. The molecule has 8 rings (SSSR count). The van der Waals surface area contributed by atoms with Gasteiger partial charge in [-0.1, -0.05) is 35.4 Å². The molecule has 9 atom stereocenters. The second kappa shape index (κ2) is 14.6. The van der Waals surface area contributed by atoms with Crippen LogP contribution in [0.15, 0.2) is 59.7 Å². The Bertz CT molecular complexity index is 1900. The van der Waals surface area contributed by atoms with Gasteiger partial charge in [-0.3, -0.25) is 4.79 Å². The lowest BCUT2D eigenvalue weighted by Crippen LogP contribution is -2.56. The first kappa shape index (κ1) is 34.8. The minimum absolute atomic E-state index is 0.00581. The van der Waals surface area contributed by atoms with Crippen LogP contribution in [-0.2, 0) is 39.8 Å². The third-order valence-corrected chi connectivity index (χ3v) is 10.2. The summed E-state index contributed by atoms with van der Waals surface area (Å²) < 4.78 is 64.4. The number of nitrogens with zero attached hydrogens (tertiary/aromatic N) is 3. The molecule has 278 valence electrons. The number of fused-ring (bicyclic) bond motifs is 4. The first-order chi connectivity index (χ1) is 25.8. The molecule has 0 N–H and O–H groups in total. The fourth-order valence-electron chi connectivity index (χ4n) is 7.84. The van der Waals surface area contributed by atoms with Crippen molar-refractivity contribution >= 4 is 12.1 Å². The summed E-state index contributed by atoms with van der Waals surface area (Å²) in [7, 11) is 2.87. The van der Waals surface area contributed by atoms with Crippen LogP contribution in [0.4, 0.5) is 4.79 Å². The van der Waals surface area contributed by atoms with Crippen molar-refractivity contribution in [3.05, 3.63) is 87.3 Å². The van der Waals surface area contributed by atoms with Gasteiger partial charge in [0.05, 0.1) is 51.6 Å². The largest absolute Gasteiger partial charge is 0.514 e. The highest BCUT2D eigenvalue weighted by atomic mass is 16.7. The van der Waals surface area contributed by atoms with E-state index in [0.717, 1.165) is 16.7 Å². The molecule has 0 spiro atoms. The molecular formula is C37H37N3O13.